The Hall–Kier alpha value is -3.98. The van der Waals surface area contributed by atoms with Crippen LogP contribution in [0.2, 0.25) is 0 Å². The van der Waals surface area contributed by atoms with Crippen LogP contribution in [0.1, 0.15) is 28.8 Å². The molecule has 0 saturated heterocycles. The van der Waals surface area contributed by atoms with Crippen LogP contribution in [0.4, 0.5) is 24.5 Å². The first-order valence-electron chi connectivity index (χ1n) is 9.88. The van der Waals surface area contributed by atoms with E-state index in [9.17, 15) is 32.3 Å². The van der Waals surface area contributed by atoms with Gasteiger partial charge in [0.05, 0.1) is 18.2 Å². The van der Waals surface area contributed by atoms with Gasteiger partial charge in [-0.2, -0.15) is 13.2 Å². The van der Waals surface area contributed by atoms with Gasteiger partial charge in [0.2, 0.25) is 5.91 Å². The van der Waals surface area contributed by atoms with Crippen LogP contribution >= 0.6 is 15.9 Å². The highest BCUT2D eigenvalue weighted by atomic mass is 79.9. The number of aliphatic imine (C=N–C) groups is 1. The van der Waals surface area contributed by atoms with Gasteiger partial charge in [0.1, 0.15) is 6.34 Å². The Morgan fingerprint density at radius 2 is 1.86 bits per heavy atom. The topological polar surface area (TPSA) is 161 Å². The number of nitrogens with two attached hydrogens (primary N) is 1. The van der Waals surface area contributed by atoms with Gasteiger partial charge in [-0.05, 0) is 42.8 Å². The number of anilines is 1. The van der Waals surface area contributed by atoms with Crippen molar-refractivity contribution in [2.24, 2.45) is 10.8 Å². The minimum Gasteiger partial charge on any atom is -0.343 e. The first kappa shape index (κ1) is 28.3. The number of nitrogens with one attached hydrogen (secondary N) is 3. The van der Waals surface area contributed by atoms with Crippen molar-refractivity contribution in [2.45, 2.75) is 19.0 Å². The predicted octanol–water partition coefficient (Wildman–Crippen LogP) is 2.61. The summed E-state index contributed by atoms with van der Waals surface area (Å²) in [5, 5.41) is 4.92. The minimum absolute atomic E-state index is 0.0980. The van der Waals surface area contributed by atoms with Gasteiger partial charge in [-0.3, -0.25) is 9.59 Å². The van der Waals surface area contributed by atoms with Crippen molar-refractivity contribution in [3.63, 3.8) is 0 Å². The van der Waals surface area contributed by atoms with Gasteiger partial charge in [-0.15, -0.1) is 0 Å². The van der Waals surface area contributed by atoms with Crippen molar-refractivity contribution < 1.29 is 42.1 Å². The van der Waals surface area contributed by atoms with E-state index in [1.807, 2.05) is 0 Å². The Morgan fingerprint density at radius 1 is 1.14 bits per heavy atom. The van der Waals surface area contributed by atoms with Gasteiger partial charge >= 0.3 is 18.1 Å². The van der Waals surface area contributed by atoms with Gasteiger partial charge in [-0.1, -0.05) is 28.1 Å². The van der Waals surface area contributed by atoms with E-state index in [0.29, 0.717) is 10.2 Å². The molecule has 2 aromatic carbocycles. The Bertz CT molecular complexity index is 1170. The molecule has 0 spiro atoms. The molecule has 192 valence electrons. The maximum atomic E-state index is 12.4. The number of carbonyl (C=O) groups excluding carboxylic acids is 4. The molecule has 0 aliphatic rings. The highest BCUT2D eigenvalue weighted by Crippen LogP contribution is 2.29. The molecule has 1 unspecified atom stereocenters. The van der Waals surface area contributed by atoms with Crippen LogP contribution in [0.15, 0.2) is 51.9 Å². The van der Waals surface area contributed by atoms with E-state index in [1.165, 1.54) is 43.6 Å². The molecule has 1 atom stereocenters. The Kier molecular flexibility index (Phi) is 9.93. The normalized spacial score (nSPS) is 11.9. The molecule has 0 heterocycles. The summed E-state index contributed by atoms with van der Waals surface area (Å²) in [6.07, 6.45) is -4.13. The number of carbonyl (C=O) groups is 4. The summed E-state index contributed by atoms with van der Waals surface area (Å²) in [4.78, 5) is 59.1. The number of amides is 2. The lowest BCUT2D eigenvalue weighted by atomic mass is 9.99. The summed E-state index contributed by atoms with van der Waals surface area (Å²) in [6, 6.07) is 10.5. The highest BCUT2D eigenvalue weighted by Gasteiger charge is 2.43. The monoisotopic (exact) mass is 573 g/mol. The number of benzene rings is 2. The summed E-state index contributed by atoms with van der Waals surface area (Å²) in [5.74, 6) is -1.39. The molecule has 2 amide bonds. The van der Waals surface area contributed by atoms with Gasteiger partial charge in [-0.25, -0.2) is 30.2 Å². The number of halogens is 4. The summed E-state index contributed by atoms with van der Waals surface area (Å²) >= 11 is 3.21. The molecule has 2 aromatic rings. The quantitative estimate of drug-likeness (QED) is 0.123. The molecule has 0 saturated carbocycles. The van der Waals surface area contributed by atoms with Gasteiger partial charge in [0.25, 0.3) is 5.91 Å². The van der Waals surface area contributed by atoms with Gasteiger partial charge in [0, 0.05) is 15.7 Å². The van der Waals surface area contributed by atoms with E-state index < -0.39 is 42.4 Å². The average Bonchev–Trinajstić information content (AvgIpc) is 2.83. The van der Waals surface area contributed by atoms with Crippen LogP contribution in [0.5, 0.6) is 0 Å². The summed E-state index contributed by atoms with van der Waals surface area (Å²) < 4.78 is 37.2. The van der Waals surface area contributed by atoms with E-state index >= 15 is 0 Å². The van der Waals surface area contributed by atoms with E-state index in [2.05, 4.69) is 46.8 Å². The second kappa shape index (κ2) is 12.6. The first-order chi connectivity index (χ1) is 16.9. The lowest BCUT2D eigenvalue weighted by molar-refractivity contribution is -0.286. The molecule has 11 nitrogen and oxygen atoms in total. The number of rotatable bonds is 8. The third-order valence-electron chi connectivity index (χ3n) is 4.35. The molecule has 0 bridgehead atoms. The van der Waals surface area contributed by atoms with Gasteiger partial charge < -0.3 is 16.1 Å². The molecule has 2 rings (SSSR count). The molecule has 0 aliphatic heterocycles. The third kappa shape index (κ3) is 8.35. The highest BCUT2D eigenvalue weighted by molar-refractivity contribution is 9.10. The zero-order valence-electron chi connectivity index (χ0n) is 18.4. The van der Waals surface area contributed by atoms with Crippen LogP contribution < -0.4 is 21.9 Å². The number of hydrogen-bond donors (Lipinski definition) is 4. The molecule has 15 heteroatoms. The fourth-order valence-corrected chi connectivity index (χ4v) is 3.00. The third-order valence-corrected chi connectivity index (χ3v) is 4.84. The molecule has 0 fully saturated rings. The predicted molar refractivity (Wildman–Crippen MR) is 124 cm³/mol. The average molecular weight is 574 g/mol. The van der Waals surface area contributed by atoms with Gasteiger partial charge in [0.15, 0.2) is 0 Å². The summed E-state index contributed by atoms with van der Waals surface area (Å²) in [6.45, 7) is 0.810. The van der Waals surface area contributed by atoms with Crippen molar-refractivity contribution in [1.29, 1.82) is 0 Å². The molecular formula is C21H19BrF3N5O6. The van der Waals surface area contributed by atoms with Crippen LogP contribution in [0, 0.1) is 0 Å². The zero-order valence-corrected chi connectivity index (χ0v) is 20.0. The standard InChI is InChI=1S/C21H19BrF3N5O6/c1-11(19(33)35-36-20(34)21(23,24)25)15-6-5-13(22)8-16(15)30-17(31)9-27-18(32)12-3-2-4-14(7-12)28-10-29-26/h2-8,10-11H,9,26H2,1H3,(H,27,32)(H,28,29)(H,30,31). The first-order valence-corrected chi connectivity index (χ1v) is 10.7. The van der Waals surface area contributed by atoms with Crippen LogP contribution in [-0.2, 0) is 24.2 Å². The maximum Gasteiger partial charge on any atom is 0.495 e. The Morgan fingerprint density at radius 3 is 2.53 bits per heavy atom. The Labute approximate surface area is 210 Å². The van der Waals surface area contributed by atoms with E-state index in [1.54, 1.807) is 12.1 Å². The second-order valence-electron chi connectivity index (χ2n) is 6.93. The maximum absolute atomic E-state index is 12.4. The molecule has 36 heavy (non-hydrogen) atoms. The van der Waals surface area contributed by atoms with Crippen molar-refractivity contribution in [3.8, 4) is 0 Å². The largest absolute Gasteiger partial charge is 0.495 e. The van der Waals surface area contributed by atoms with Crippen molar-refractivity contribution in [3.05, 3.63) is 58.1 Å². The Balaban J connectivity index is 2.04. The van der Waals surface area contributed by atoms with Crippen LogP contribution in [0.3, 0.4) is 0 Å². The zero-order chi connectivity index (χ0) is 26.9. The smallest absolute Gasteiger partial charge is 0.343 e. The van der Waals surface area contributed by atoms with Crippen LogP contribution in [0.25, 0.3) is 0 Å². The molecule has 0 radical (unpaired) electrons. The lowest BCUT2D eigenvalue weighted by Gasteiger charge is -2.16. The molecule has 0 aliphatic carbocycles. The van der Waals surface area contributed by atoms with E-state index in [-0.39, 0.29) is 16.8 Å². The number of nitrogens with zero attached hydrogens (tertiary/aromatic N) is 1. The van der Waals surface area contributed by atoms with Crippen molar-refractivity contribution >= 4 is 57.4 Å². The summed E-state index contributed by atoms with van der Waals surface area (Å²) in [7, 11) is 0. The van der Waals surface area contributed by atoms with E-state index in [0.717, 1.165) is 0 Å². The summed E-state index contributed by atoms with van der Waals surface area (Å²) in [5.41, 5.74) is 3.13. The molecule has 5 N–H and O–H groups in total. The lowest BCUT2D eigenvalue weighted by Crippen LogP contribution is -2.33. The van der Waals surface area contributed by atoms with Crippen molar-refractivity contribution in [2.75, 3.05) is 11.9 Å². The fraction of sp³-hybridized carbons (Fsp3) is 0.190. The fourth-order valence-electron chi connectivity index (χ4n) is 2.64. The molecular weight excluding hydrogens is 555 g/mol. The second-order valence-corrected chi connectivity index (χ2v) is 7.85. The van der Waals surface area contributed by atoms with Crippen LogP contribution in [-0.4, -0.2) is 42.8 Å². The number of hydrazine groups is 1. The van der Waals surface area contributed by atoms with E-state index in [4.69, 9.17) is 5.84 Å². The minimum atomic E-state index is -5.35. The number of alkyl halides is 3. The SMILES string of the molecule is CC(C(=O)OOC(=O)C(F)(F)F)c1ccc(Br)cc1NC(=O)CNC(=O)c1cccc(N=CNN)c1. The molecule has 0 aromatic heterocycles. The number of hydrogen-bond acceptors (Lipinski definition) is 8. The van der Waals surface area contributed by atoms with Crippen molar-refractivity contribution in [1.82, 2.24) is 10.7 Å².